The molecular formula is C14H16O. The van der Waals surface area contributed by atoms with Gasteiger partial charge in [-0.25, -0.2) is 0 Å². The van der Waals surface area contributed by atoms with Crippen LogP contribution < -0.4 is 0 Å². The molecule has 78 valence electrons. The summed E-state index contributed by atoms with van der Waals surface area (Å²) in [7, 11) is 0. The normalized spacial score (nSPS) is 40.5. The number of fused-ring (bicyclic) bond motifs is 2. The largest absolute Gasteiger partial charge is 0.370 e. The van der Waals surface area contributed by atoms with Gasteiger partial charge < -0.3 is 4.74 Å². The van der Waals surface area contributed by atoms with E-state index in [1.54, 1.807) is 0 Å². The molecule has 3 atom stereocenters. The van der Waals surface area contributed by atoms with Gasteiger partial charge in [-0.2, -0.15) is 0 Å². The molecule has 2 saturated carbocycles. The number of ether oxygens (including phenoxy) is 1. The lowest BCUT2D eigenvalue weighted by atomic mass is 9.89. The lowest BCUT2D eigenvalue weighted by molar-refractivity contribution is 0.00260. The molecular weight excluding hydrogens is 184 g/mol. The minimum absolute atomic E-state index is 0.410. The molecule has 1 aromatic rings. The van der Waals surface area contributed by atoms with Gasteiger partial charge in [0.05, 0.1) is 12.2 Å². The standard InChI is InChI=1S/C14H16O/c1-2-6-10-9(4-1)5-3-7-13(10)15-14-11-8-12(11)14/h1-2,4,6,11-14H,3,5,7-8H2. The van der Waals surface area contributed by atoms with Gasteiger partial charge in [-0.15, -0.1) is 0 Å². The zero-order valence-corrected chi connectivity index (χ0v) is 8.86. The Bertz CT molecular complexity index is 390. The first-order valence-electron chi connectivity index (χ1n) is 6.17. The van der Waals surface area contributed by atoms with Crippen LogP contribution in [0, 0.1) is 11.8 Å². The first-order chi connectivity index (χ1) is 7.43. The Kier molecular flexibility index (Phi) is 1.59. The Morgan fingerprint density at radius 1 is 1.13 bits per heavy atom. The fourth-order valence-electron chi connectivity index (χ4n) is 2.96. The number of rotatable bonds is 2. The highest BCUT2D eigenvalue weighted by Gasteiger charge is 2.66. The van der Waals surface area contributed by atoms with Crippen LogP contribution in [-0.2, 0) is 11.2 Å². The average molecular weight is 200 g/mol. The lowest BCUT2D eigenvalue weighted by Crippen LogP contribution is -2.16. The third kappa shape index (κ3) is 1.26. The first kappa shape index (κ1) is 8.35. The van der Waals surface area contributed by atoms with Crippen LogP contribution in [0.25, 0.3) is 0 Å². The Balaban J connectivity index is 1.58. The van der Waals surface area contributed by atoms with Crippen LogP contribution in [0.1, 0.15) is 36.5 Å². The van der Waals surface area contributed by atoms with E-state index in [4.69, 9.17) is 4.74 Å². The van der Waals surface area contributed by atoms with Gasteiger partial charge in [-0.3, -0.25) is 0 Å². The van der Waals surface area contributed by atoms with E-state index in [-0.39, 0.29) is 0 Å². The van der Waals surface area contributed by atoms with E-state index >= 15 is 0 Å². The number of hydrogen-bond acceptors (Lipinski definition) is 1. The van der Waals surface area contributed by atoms with Crippen molar-refractivity contribution in [1.82, 2.24) is 0 Å². The molecule has 0 bridgehead atoms. The zero-order valence-electron chi connectivity index (χ0n) is 8.86. The Morgan fingerprint density at radius 3 is 2.80 bits per heavy atom. The van der Waals surface area contributed by atoms with E-state index in [0.717, 1.165) is 11.8 Å². The Morgan fingerprint density at radius 2 is 2.00 bits per heavy atom. The SMILES string of the molecule is c1ccc2c(c1)CCCC2OC1C2CC21. The summed E-state index contributed by atoms with van der Waals surface area (Å²) in [5, 5.41) is 0. The van der Waals surface area contributed by atoms with E-state index < -0.39 is 0 Å². The van der Waals surface area contributed by atoms with Gasteiger partial charge in [0.15, 0.2) is 0 Å². The van der Waals surface area contributed by atoms with E-state index in [1.807, 2.05) is 0 Å². The molecule has 2 fully saturated rings. The molecule has 4 rings (SSSR count). The number of hydrogen-bond donors (Lipinski definition) is 0. The van der Waals surface area contributed by atoms with Crippen molar-refractivity contribution in [1.29, 1.82) is 0 Å². The van der Waals surface area contributed by atoms with Gasteiger partial charge >= 0.3 is 0 Å². The van der Waals surface area contributed by atoms with Gasteiger partial charge in [0, 0.05) is 0 Å². The maximum Gasteiger partial charge on any atom is 0.0831 e. The Labute approximate surface area is 90.4 Å². The molecule has 0 amide bonds. The van der Waals surface area contributed by atoms with Crippen molar-refractivity contribution in [2.24, 2.45) is 11.8 Å². The van der Waals surface area contributed by atoms with Crippen LogP contribution in [0.5, 0.6) is 0 Å². The predicted molar refractivity (Wildman–Crippen MR) is 58.6 cm³/mol. The van der Waals surface area contributed by atoms with Crippen molar-refractivity contribution in [3.05, 3.63) is 35.4 Å². The van der Waals surface area contributed by atoms with Crippen molar-refractivity contribution in [3.8, 4) is 0 Å². The van der Waals surface area contributed by atoms with E-state index in [0.29, 0.717) is 12.2 Å². The highest BCUT2D eigenvalue weighted by atomic mass is 16.5. The van der Waals surface area contributed by atoms with Gasteiger partial charge in [0.1, 0.15) is 0 Å². The molecule has 0 aliphatic heterocycles. The molecule has 1 nitrogen and oxygen atoms in total. The second-order valence-electron chi connectivity index (χ2n) is 5.24. The summed E-state index contributed by atoms with van der Waals surface area (Å²) >= 11 is 0. The molecule has 0 spiro atoms. The summed E-state index contributed by atoms with van der Waals surface area (Å²) in [5.41, 5.74) is 2.98. The summed E-state index contributed by atoms with van der Waals surface area (Å²) in [6.45, 7) is 0. The molecule has 0 aromatic heterocycles. The lowest BCUT2D eigenvalue weighted by Gasteiger charge is -2.26. The molecule has 3 unspecified atom stereocenters. The third-order valence-electron chi connectivity index (χ3n) is 4.23. The summed E-state index contributed by atoms with van der Waals surface area (Å²) in [5.74, 6) is 1.91. The third-order valence-corrected chi connectivity index (χ3v) is 4.23. The quantitative estimate of drug-likeness (QED) is 0.712. The molecule has 15 heavy (non-hydrogen) atoms. The molecule has 1 aromatic carbocycles. The first-order valence-corrected chi connectivity index (χ1v) is 6.17. The maximum absolute atomic E-state index is 6.19. The van der Waals surface area contributed by atoms with Gasteiger partial charge in [0.25, 0.3) is 0 Å². The second kappa shape index (κ2) is 2.85. The van der Waals surface area contributed by atoms with Crippen LogP contribution in [-0.4, -0.2) is 6.10 Å². The summed E-state index contributed by atoms with van der Waals surface area (Å²) in [6, 6.07) is 8.82. The molecule has 3 aliphatic rings. The topological polar surface area (TPSA) is 9.23 Å². The van der Waals surface area contributed by atoms with Crippen LogP contribution in [0.3, 0.4) is 0 Å². The zero-order chi connectivity index (χ0) is 9.83. The van der Waals surface area contributed by atoms with E-state index in [1.165, 1.54) is 36.8 Å². The number of benzene rings is 1. The molecule has 3 aliphatic carbocycles. The maximum atomic E-state index is 6.19. The van der Waals surface area contributed by atoms with Crippen molar-refractivity contribution in [2.75, 3.05) is 0 Å². The second-order valence-corrected chi connectivity index (χ2v) is 5.24. The monoisotopic (exact) mass is 200 g/mol. The van der Waals surface area contributed by atoms with Crippen molar-refractivity contribution in [2.45, 2.75) is 37.9 Å². The smallest absolute Gasteiger partial charge is 0.0831 e. The molecule has 1 heteroatoms. The molecule has 0 radical (unpaired) electrons. The van der Waals surface area contributed by atoms with Crippen molar-refractivity contribution in [3.63, 3.8) is 0 Å². The minimum Gasteiger partial charge on any atom is -0.370 e. The van der Waals surface area contributed by atoms with Gasteiger partial charge in [0.2, 0.25) is 0 Å². The minimum atomic E-state index is 0.410. The van der Waals surface area contributed by atoms with Crippen molar-refractivity contribution < 1.29 is 4.74 Å². The van der Waals surface area contributed by atoms with E-state index in [9.17, 15) is 0 Å². The summed E-state index contributed by atoms with van der Waals surface area (Å²) in [6.07, 6.45) is 6.26. The predicted octanol–water partition coefficient (Wildman–Crippen LogP) is 3.10. The van der Waals surface area contributed by atoms with Gasteiger partial charge in [-0.05, 0) is 48.6 Å². The van der Waals surface area contributed by atoms with Crippen molar-refractivity contribution >= 4 is 0 Å². The fraction of sp³-hybridized carbons (Fsp3) is 0.571. The average Bonchev–Trinajstić information content (AvgIpc) is 3.16. The highest BCUT2D eigenvalue weighted by Crippen LogP contribution is 2.65. The molecule has 0 heterocycles. The van der Waals surface area contributed by atoms with Crippen LogP contribution in [0.2, 0.25) is 0 Å². The molecule has 0 saturated heterocycles. The summed E-state index contributed by atoms with van der Waals surface area (Å²) < 4.78 is 6.19. The van der Waals surface area contributed by atoms with E-state index in [2.05, 4.69) is 24.3 Å². The molecule has 0 N–H and O–H groups in total. The van der Waals surface area contributed by atoms with Crippen LogP contribution in [0.15, 0.2) is 24.3 Å². The van der Waals surface area contributed by atoms with Crippen LogP contribution in [0.4, 0.5) is 0 Å². The summed E-state index contributed by atoms with van der Waals surface area (Å²) in [4.78, 5) is 0. The van der Waals surface area contributed by atoms with Gasteiger partial charge in [-0.1, -0.05) is 24.3 Å². The highest BCUT2D eigenvalue weighted by molar-refractivity contribution is 5.31. The van der Waals surface area contributed by atoms with Crippen LogP contribution >= 0.6 is 0 Å². The number of aryl methyl sites for hydroxylation is 1. The Hall–Kier alpha value is -0.820. The fourth-order valence-corrected chi connectivity index (χ4v) is 2.96.